The minimum Gasteiger partial charge on any atom is -0.393 e. The molecule has 3 N–H and O–H groups in total. The molecule has 3 rings (SSSR count). The summed E-state index contributed by atoms with van der Waals surface area (Å²) in [4.78, 5) is 17.7. The van der Waals surface area contributed by atoms with E-state index in [1.807, 2.05) is 0 Å². The molecule has 0 bridgehead atoms. The summed E-state index contributed by atoms with van der Waals surface area (Å²) in [5.41, 5.74) is 6.37. The molecule has 0 saturated carbocycles. The Kier molecular flexibility index (Phi) is 4.51. The summed E-state index contributed by atoms with van der Waals surface area (Å²) in [5.74, 6) is 0.278. The Morgan fingerprint density at radius 2 is 1.71 bits per heavy atom. The number of sulfonamides is 2. The van der Waals surface area contributed by atoms with Crippen LogP contribution in [-0.2, 0) is 20.0 Å². The number of fused-ring (bicyclic) bond motifs is 1. The Morgan fingerprint density at radius 1 is 1.07 bits per heavy atom. The molecule has 0 aliphatic rings. The van der Waals surface area contributed by atoms with E-state index in [0.29, 0.717) is 14.8 Å². The highest BCUT2D eigenvalue weighted by Gasteiger charge is 2.27. The third-order valence-electron chi connectivity index (χ3n) is 3.78. The fourth-order valence-corrected chi connectivity index (χ4v) is 5.68. The maximum atomic E-state index is 11.9. The summed E-state index contributed by atoms with van der Waals surface area (Å²) >= 11 is 0. The third-order valence-corrected chi connectivity index (χ3v) is 7.03. The Hall–Kier alpha value is -3.19. The number of benzene rings is 2. The number of imidazole rings is 1. The predicted octanol–water partition coefficient (Wildman–Crippen LogP) is 1.45. The molecule has 11 nitrogen and oxygen atoms in total. The number of nitrogen functional groups attached to an aromatic ring is 1. The first-order chi connectivity index (χ1) is 12.9. The topological polar surface area (TPSA) is 169 Å². The number of anilines is 2. The van der Waals surface area contributed by atoms with Crippen molar-refractivity contribution < 1.29 is 21.8 Å². The first-order valence-electron chi connectivity index (χ1n) is 7.62. The molecule has 0 unspecified atom stereocenters. The number of rotatable bonds is 5. The summed E-state index contributed by atoms with van der Waals surface area (Å²) in [5, 5.41) is 11.1. The fraction of sp³-hybridized carbons (Fsp3) is 0.133. The van der Waals surface area contributed by atoms with E-state index in [2.05, 4.69) is 9.97 Å². The zero-order valence-corrected chi connectivity index (χ0v) is 16.3. The highest BCUT2D eigenvalue weighted by atomic mass is 32.3. The van der Waals surface area contributed by atoms with E-state index in [4.69, 9.17) is 5.73 Å². The van der Waals surface area contributed by atoms with Crippen molar-refractivity contribution in [3.8, 4) is 11.4 Å². The van der Waals surface area contributed by atoms with E-state index >= 15 is 0 Å². The van der Waals surface area contributed by atoms with Crippen molar-refractivity contribution in [2.45, 2.75) is 0 Å². The van der Waals surface area contributed by atoms with Gasteiger partial charge in [0.25, 0.3) is 5.69 Å². The number of nitrogens with one attached hydrogen (secondary N) is 1. The Morgan fingerprint density at radius 3 is 2.29 bits per heavy atom. The average Bonchev–Trinajstić information content (AvgIpc) is 2.95. The van der Waals surface area contributed by atoms with Crippen LogP contribution in [0.3, 0.4) is 0 Å². The van der Waals surface area contributed by atoms with Gasteiger partial charge in [-0.1, -0.05) is 0 Å². The smallest absolute Gasteiger partial charge is 0.292 e. The second kappa shape index (κ2) is 6.45. The molecule has 0 radical (unpaired) electrons. The predicted molar refractivity (Wildman–Crippen MR) is 105 cm³/mol. The SMILES string of the molecule is CS(=O)(=O)N(c1ccc2[nH]c(-c3ccc(N)c([N+](=O)[O-])c3)nc2c1)S(C)(=O)=O. The second-order valence-electron chi connectivity index (χ2n) is 6.04. The molecule has 148 valence electrons. The summed E-state index contributed by atoms with van der Waals surface area (Å²) in [6.07, 6.45) is 1.56. The van der Waals surface area contributed by atoms with Gasteiger partial charge in [0.05, 0.1) is 34.2 Å². The van der Waals surface area contributed by atoms with Crippen LogP contribution in [0.5, 0.6) is 0 Å². The molecule has 0 atom stereocenters. The zero-order chi connectivity index (χ0) is 20.9. The van der Waals surface area contributed by atoms with Gasteiger partial charge in [-0.25, -0.2) is 21.8 Å². The van der Waals surface area contributed by atoms with E-state index < -0.39 is 25.0 Å². The van der Waals surface area contributed by atoms with Crippen LogP contribution in [0.4, 0.5) is 17.1 Å². The summed E-state index contributed by atoms with van der Waals surface area (Å²) < 4.78 is 48.0. The molecular formula is C15H15N5O6S2. The number of nitro groups is 1. The van der Waals surface area contributed by atoms with Gasteiger partial charge < -0.3 is 10.7 Å². The third kappa shape index (κ3) is 3.61. The molecule has 0 spiro atoms. The van der Waals surface area contributed by atoms with Crippen molar-refractivity contribution in [1.29, 1.82) is 0 Å². The molecule has 13 heteroatoms. The van der Waals surface area contributed by atoms with Gasteiger partial charge in [0.2, 0.25) is 20.0 Å². The van der Waals surface area contributed by atoms with Gasteiger partial charge in [-0.2, -0.15) is 3.71 Å². The molecule has 0 amide bonds. The fourth-order valence-electron chi connectivity index (χ4n) is 2.72. The number of nitrogens with zero attached hydrogens (tertiary/aromatic N) is 3. The molecule has 0 saturated heterocycles. The Labute approximate surface area is 160 Å². The average molecular weight is 425 g/mol. The van der Waals surface area contributed by atoms with E-state index in [9.17, 15) is 26.9 Å². The van der Waals surface area contributed by atoms with Crippen molar-refractivity contribution in [3.63, 3.8) is 0 Å². The second-order valence-corrected chi connectivity index (χ2v) is 9.93. The normalized spacial score (nSPS) is 12.2. The van der Waals surface area contributed by atoms with Crippen molar-refractivity contribution in [2.24, 2.45) is 0 Å². The molecule has 1 aromatic heterocycles. The lowest BCUT2D eigenvalue weighted by Gasteiger charge is -2.19. The van der Waals surface area contributed by atoms with Gasteiger partial charge in [0, 0.05) is 11.6 Å². The number of nitrogens with two attached hydrogens (primary N) is 1. The van der Waals surface area contributed by atoms with Crippen molar-refractivity contribution in [3.05, 3.63) is 46.5 Å². The summed E-state index contributed by atoms with van der Waals surface area (Å²) in [7, 11) is -8.18. The Balaban J connectivity index is 2.14. The lowest BCUT2D eigenvalue weighted by atomic mass is 10.1. The van der Waals surface area contributed by atoms with Crippen LogP contribution in [-0.4, -0.2) is 44.2 Å². The largest absolute Gasteiger partial charge is 0.393 e. The number of nitro benzene ring substituents is 1. The van der Waals surface area contributed by atoms with Crippen LogP contribution in [0.15, 0.2) is 36.4 Å². The van der Waals surface area contributed by atoms with E-state index in [1.165, 1.54) is 30.3 Å². The van der Waals surface area contributed by atoms with E-state index in [1.54, 1.807) is 6.07 Å². The van der Waals surface area contributed by atoms with Gasteiger partial charge in [0.15, 0.2) is 0 Å². The molecule has 1 heterocycles. The molecule has 0 fully saturated rings. The van der Waals surface area contributed by atoms with E-state index in [0.717, 1.165) is 12.5 Å². The number of aromatic nitrogens is 2. The van der Waals surface area contributed by atoms with Gasteiger partial charge in [-0.3, -0.25) is 10.1 Å². The van der Waals surface area contributed by atoms with E-state index in [-0.39, 0.29) is 28.4 Å². The number of aromatic amines is 1. The molecule has 0 aliphatic heterocycles. The lowest BCUT2D eigenvalue weighted by Crippen LogP contribution is -2.35. The van der Waals surface area contributed by atoms with Crippen molar-refractivity contribution in [1.82, 2.24) is 9.97 Å². The highest BCUT2D eigenvalue weighted by Crippen LogP contribution is 2.30. The summed E-state index contributed by atoms with van der Waals surface area (Å²) in [6, 6.07) is 8.26. The zero-order valence-electron chi connectivity index (χ0n) is 14.6. The van der Waals surface area contributed by atoms with Crippen LogP contribution in [0, 0.1) is 10.1 Å². The maximum absolute atomic E-state index is 11.9. The van der Waals surface area contributed by atoms with Crippen molar-refractivity contribution >= 4 is 48.1 Å². The highest BCUT2D eigenvalue weighted by molar-refractivity contribution is 8.09. The molecule has 3 aromatic rings. The molecule has 2 aromatic carbocycles. The minimum atomic E-state index is -4.09. The minimum absolute atomic E-state index is 0.00379. The molecule has 0 aliphatic carbocycles. The molecule has 28 heavy (non-hydrogen) atoms. The van der Waals surface area contributed by atoms with Crippen LogP contribution in [0.25, 0.3) is 22.4 Å². The van der Waals surface area contributed by atoms with Gasteiger partial charge in [-0.15, -0.1) is 0 Å². The van der Waals surface area contributed by atoms with Crippen LogP contribution < -0.4 is 9.44 Å². The van der Waals surface area contributed by atoms with Gasteiger partial charge in [-0.05, 0) is 30.3 Å². The van der Waals surface area contributed by atoms with Crippen LogP contribution >= 0.6 is 0 Å². The summed E-state index contributed by atoms with van der Waals surface area (Å²) in [6.45, 7) is 0. The molecular weight excluding hydrogens is 410 g/mol. The van der Waals surface area contributed by atoms with Gasteiger partial charge in [0.1, 0.15) is 11.5 Å². The van der Waals surface area contributed by atoms with Crippen LogP contribution in [0.2, 0.25) is 0 Å². The number of hydrogen-bond donors (Lipinski definition) is 2. The maximum Gasteiger partial charge on any atom is 0.292 e. The lowest BCUT2D eigenvalue weighted by molar-refractivity contribution is -0.383. The standard InChI is InChI=1S/C15H15N5O6S2/c1-27(23,24)20(28(2,25)26)10-4-6-12-13(8-10)18-15(17-12)9-3-5-11(16)14(7-9)19(21)22/h3-8H,16H2,1-2H3,(H,17,18). The monoisotopic (exact) mass is 425 g/mol. The quantitative estimate of drug-likeness (QED) is 0.351. The number of H-pyrrole nitrogens is 1. The van der Waals surface area contributed by atoms with Crippen molar-refractivity contribution in [2.75, 3.05) is 22.0 Å². The Bertz CT molecular complexity index is 1280. The number of hydrogen-bond acceptors (Lipinski definition) is 8. The van der Waals surface area contributed by atoms with Gasteiger partial charge >= 0.3 is 0 Å². The first kappa shape index (κ1) is 19.6. The van der Waals surface area contributed by atoms with Crippen LogP contribution in [0.1, 0.15) is 0 Å². The first-order valence-corrected chi connectivity index (χ1v) is 11.3.